The number of rotatable bonds is 5. The molecule has 2 aromatic rings. The van der Waals surface area contributed by atoms with Gasteiger partial charge in [-0.05, 0) is 49.9 Å². The van der Waals surface area contributed by atoms with Gasteiger partial charge >= 0.3 is 0 Å². The summed E-state index contributed by atoms with van der Waals surface area (Å²) in [5.74, 6) is 0. The highest BCUT2D eigenvalue weighted by molar-refractivity contribution is 6.42. The predicted molar refractivity (Wildman–Crippen MR) is 89.2 cm³/mol. The van der Waals surface area contributed by atoms with Crippen LogP contribution >= 0.6 is 23.2 Å². The van der Waals surface area contributed by atoms with Crippen molar-refractivity contribution in [2.24, 2.45) is 5.73 Å². The Morgan fingerprint density at radius 2 is 1.95 bits per heavy atom. The average Bonchev–Trinajstić information content (AvgIpc) is 2.70. The van der Waals surface area contributed by atoms with Crippen molar-refractivity contribution in [3.8, 4) is 0 Å². The van der Waals surface area contributed by atoms with Crippen LogP contribution in [0.25, 0.3) is 0 Å². The Hall–Kier alpha value is -1.03. The van der Waals surface area contributed by atoms with Crippen molar-refractivity contribution in [1.29, 1.82) is 0 Å². The van der Waals surface area contributed by atoms with E-state index in [1.165, 1.54) is 11.3 Å². The smallest absolute Gasteiger partial charge is 0.0663 e. The highest BCUT2D eigenvalue weighted by Crippen LogP contribution is 2.24. The van der Waals surface area contributed by atoms with Gasteiger partial charge in [0.25, 0.3) is 0 Å². The lowest BCUT2D eigenvalue weighted by atomic mass is 10.0. The highest BCUT2D eigenvalue weighted by Gasteiger charge is 2.14. The predicted octanol–water partition coefficient (Wildman–Crippen LogP) is 4.13. The first-order chi connectivity index (χ1) is 9.92. The van der Waals surface area contributed by atoms with Crippen molar-refractivity contribution in [2.45, 2.75) is 46.2 Å². The number of nitrogens with two attached hydrogens (primary N) is 1. The number of benzene rings is 1. The first-order valence-corrected chi connectivity index (χ1v) is 7.90. The second kappa shape index (κ2) is 6.82. The maximum Gasteiger partial charge on any atom is 0.0663 e. The van der Waals surface area contributed by atoms with Crippen LogP contribution in [0.3, 0.4) is 0 Å². The van der Waals surface area contributed by atoms with E-state index < -0.39 is 0 Å². The quantitative estimate of drug-likeness (QED) is 0.897. The van der Waals surface area contributed by atoms with Gasteiger partial charge in [-0.3, -0.25) is 4.68 Å². The molecular weight excluding hydrogens is 305 g/mol. The van der Waals surface area contributed by atoms with Crippen molar-refractivity contribution in [3.05, 3.63) is 50.8 Å². The third-order valence-corrected chi connectivity index (χ3v) is 4.58. The first-order valence-electron chi connectivity index (χ1n) is 7.14. The summed E-state index contributed by atoms with van der Waals surface area (Å²) < 4.78 is 2.01. The molecule has 0 saturated heterocycles. The Balaban J connectivity index is 2.24. The van der Waals surface area contributed by atoms with Crippen molar-refractivity contribution in [2.75, 3.05) is 0 Å². The molecule has 1 atom stereocenters. The summed E-state index contributed by atoms with van der Waals surface area (Å²) in [6, 6.07) is 5.86. The number of hydrogen-bond donors (Lipinski definition) is 1. The van der Waals surface area contributed by atoms with Crippen LogP contribution in [0.4, 0.5) is 0 Å². The normalized spacial score (nSPS) is 12.7. The SMILES string of the molecule is CCC(N)Cc1c(C)nn(Cc2ccc(Cl)c(Cl)c2)c1C. The van der Waals surface area contributed by atoms with Gasteiger partial charge in [-0.1, -0.05) is 36.2 Å². The summed E-state index contributed by atoms with van der Waals surface area (Å²) >= 11 is 12.0. The third kappa shape index (κ3) is 3.79. The van der Waals surface area contributed by atoms with Crippen LogP contribution in [0.1, 0.15) is 35.9 Å². The topological polar surface area (TPSA) is 43.8 Å². The van der Waals surface area contributed by atoms with Crippen LogP contribution in [0.2, 0.25) is 10.0 Å². The molecule has 0 spiro atoms. The molecule has 1 unspecified atom stereocenters. The summed E-state index contributed by atoms with van der Waals surface area (Å²) in [4.78, 5) is 0. The van der Waals surface area contributed by atoms with Gasteiger partial charge in [0.15, 0.2) is 0 Å². The van der Waals surface area contributed by atoms with Crippen molar-refractivity contribution in [3.63, 3.8) is 0 Å². The van der Waals surface area contributed by atoms with E-state index in [1.807, 2.05) is 29.8 Å². The fourth-order valence-electron chi connectivity index (χ4n) is 2.40. The first kappa shape index (κ1) is 16.3. The minimum Gasteiger partial charge on any atom is -0.327 e. The van der Waals surface area contributed by atoms with Crippen LogP contribution < -0.4 is 5.73 Å². The number of nitrogens with zero attached hydrogens (tertiary/aromatic N) is 2. The van der Waals surface area contributed by atoms with Crippen molar-refractivity contribution < 1.29 is 0 Å². The van der Waals surface area contributed by atoms with E-state index in [9.17, 15) is 0 Å². The monoisotopic (exact) mass is 325 g/mol. The van der Waals surface area contributed by atoms with Crippen LogP contribution in [-0.2, 0) is 13.0 Å². The van der Waals surface area contributed by atoms with E-state index in [-0.39, 0.29) is 6.04 Å². The zero-order valence-corrected chi connectivity index (χ0v) is 14.2. The zero-order chi connectivity index (χ0) is 15.6. The lowest BCUT2D eigenvalue weighted by Gasteiger charge is -2.10. The van der Waals surface area contributed by atoms with E-state index in [0.29, 0.717) is 16.6 Å². The molecule has 0 aliphatic rings. The molecule has 1 aromatic heterocycles. The Bertz CT molecular complexity index is 635. The Morgan fingerprint density at radius 1 is 1.24 bits per heavy atom. The van der Waals surface area contributed by atoms with Gasteiger partial charge in [0.1, 0.15) is 0 Å². The lowest BCUT2D eigenvalue weighted by molar-refractivity contribution is 0.636. The molecule has 114 valence electrons. The molecule has 0 radical (unpaired) electrons. The fourth-order valence-corrected chi connectivity index (χ4v) is 2.72. The summed E-state index contributed by atoms with van der Waals surface area (Å²) in [5.41, 5.74) is 10.6. The average molecular weight is 326 g/mol. The van der Waals surface area contributed by atoms with Crippen molar-refractivity contribution >= 4 is 23.2 Å². The van der Waals surface area contributed by atoms with Gasteiger partial charge in [0.05, 0.1) is 22.3 Å². The Kier molecular flexibility index (Phi) is 5.31. The molecule has 0 aliphatic heterocycles. The van der Waals surface area contributed by atoms with Gasteiger partial charge in [-0.25, -0.2) is 0 Å². The summed E-state index contributed by atoms with van der Waals surface area (Å²) in [6.07, 6.45) is 1.84. The molecular formula is C16H21Cl2N3. The molecule has 0 saturated carbocycles. The molecule has 21 heavy (non-hydrogen) atoms. The van der Waals surface area contributed by atoms with E-state index in [0.717, 1.165) is 24.1 Å². The maximum atomic E-state index is 6.07. The largest absolute Gasteiger partial charge is 0.327 e. The van der Waals surface area contributed by atoms with Gasteiger partial charge in [0.2, 0.25) is 0 Å². The van der Waals surface area contributed by atoms with Gasteiger partial charge < -0.3 is 5.73 Å². The lowest BCUT2D eigenvalue weighted by Crippen LogP contribution is -2.22. The molecule has 0 bridgehead atoms. The molecule has 2 N–H and O–H groups in total. The van der Waals surface area contributed by atoms with Gasteiger partial charge in [0, 0.05) is 11.7 Å². The van der Waals surface area contributed by atoms with E-state index in [4.69, 9.17) is 28.9 Å². The molecule has 2 rings (SSSR count). The highest BCUT2D eigenvalue weighted by atomic mass is 35.5. The standard InChI is InChI=1S/C16H21Cl2N3/c1-4-13(19)8-14-10(2)20-21(11(14)3)9-12-5-6-15(17)16(18)7-12/h5-7,13H,4,8-9,19H2,1-3H3. The number of aromatic nitrogens is 2. The minimum atomic E-state index is 0.185. The van der Waals surface area contributed by atoms with Crippen LogP contribution in [0.15, 0.2) is 18.2 Å². The molecule has 0 fully saturated rings. The molecule has 1 heterocycles. The fraction of sp³-hybridized carbons (Fsp3) is 0.438. The summed E-state index contributed by atoms with van der Waals surface area (Å²) in [7, 11) is 0. The minimum absolute atomic E-state index is 0.185. The van der Waals surface area contributed by atoms with Gasteiger partial charge in [-0.15, -0.1) is 0 Å². The number of hydrogen-bond acceptors (Lipinski definition) is 2. The molecule has 5 heteroatoms. The van der Waals surface area contributed by atoms with Crippen LogP contribution in [0.5, 0.6) is 0 Å². The summed E-state index contributed by atoms with van der Waals surface area (Å²) in [5, 5.41) is 5.78. The van der Waals surface area contributed by atoms with Crippen LogP contribution in [0, 0.1) is 13.8 Å². The maximum absolute atomic E-state index is 6.07. The summed E-state index contributed by atoms with van der Waals surface area (Å²) in [6.45, 7) is 6.92. The number of aryl methyl sites for hydroxylation is 1. The second-order valence-electron chi connectivity index (χ2n) is 5.43. The Labute approximate surface area is 136 Å². The second-order valence-corrected chi connectivity index (χ2v) is 6.24. The Morgan fingerprint density at radius 3 is 2.57 bits per heavy atom. The van der Waals surface area contributed by atoms with E-state index >= 15 is 0 Å². The molecule has 1 aromatic carbocycles. The van der Waals surface area contributed by atoms with Crippen molar-refractivity contribution in [1.82, 2.24) is 9.78 Å². The zero-order valence-electron chi connectivity index (χ0n) is 12.7. The molecule has 3 nitrogen and oxygen atoms in total. The van der Waals surface area contributed by atoms with Crippen LogP contribution in [-0.4, -0.2) is 15.8 Å². The third-order valence-electron chi connectivity index (χ3n) is 3.84. The molecule has 0 aliphatic carbocycles. The van der Waals surface area contributed by atoms with E-state index in [2.05, 4.69) is 18.9 Å². The van der Waals surface area contributed by atoms with E-state index in [1.54, 1.807) is 0 Å². The number of halogens is 2. The van der Waals surface area contributed by atoms with Gasteiger partial charge in [-0.2, -0.15) is 5.10 Å². The molecule has 0 amide bonds.